The lowest BCUT2D eigenvalue weighted by Crippen LogP contribution is -2.20. The van der Waals surface area contributed by atoms with E-state index in [1.165, 1.54) is 11.3 Å². The summed E-state index contributed by atoms with van der Waals surface area (Å²) in [4.78, 5) is 16.3. The first kappa shape index (κ1) is 16.8. The van der Waals surface area contributed by atoms with Crippen molar-refractivity contribution < 1.29 is 9.53 Å². The highest BCUT2D eigenvalue weighted by Crippen LogP contribution is 2.32. The van der Waals surface area contributed by atoms with Crippen LogP contribution in [0.5, 0.6) is 5.75 Å². The summed E-state index contributed by atoms with van der Waals surface area (Å²) in [6.45, 7) is -0.0865. The maximum Gasteiger partial charge on any atom is 0.264 e. The highest BCUT2D eigenvalue weighted by atomic mass is 35.5. The van der Waals surface area contributed by atoms with Crippen molar-refractivity contribution >= 4 is 45.6 Å². The van der Waals surface area contributed by atoms with Gasteiger partial charge in [0.15, 0.2) is 11.7 Å². The van der Waals surface area contributed by atoms with Gasteiger partial charge in [0.25, 0.3) is 5.91 Å². The molecule has 3 rings (SSSR count). The minimum Gasteiger partial charge on any atom is -0.484 e. The molecule has 1 N–H and O–H groups in total. The number of hydrogen-bond acceptors (Lipinski definition) is 4. The van der Waals surface area contributed by atoms with E-state index in [-0.39, 0.29) is 12.5 Å². The van der Waals surface area contributed by atoms with Crippen LogP contribution in [0.2, 0.25) is 10.0 Å². The van der Waals surface area contributed by atoms with E-state index in [9.17, 15) is 4.79 Å². The fourth-order valence-electron chi connectivity index (χ4n) is 1.97. The minimum atomic E-state index is -0.281. The number of hydrogen-bond donors (Lipinski definition) is 1. The van der Waals surface area contributed by atoms with E-state index in [1.807, 2.05) is 23.6 Å². The fourth-order valence-corrected chi connectivity index (χ4v) is 3.08. The molecule has 0 saturated carbocycles. The Morgan fingerprint density at radius 2 is 1.96 bits per heavy atom. The van der Waals surface area contributed by atoms with Crippen molar-refractivity contribution in [3.63, 3.8) is 0 Å². The summed E-state index contributed by atoms with van der Waals surface area (Å²) in [5.74, 6) is 0.357. The van der Waals surface area contributed by atoms with Gasteiger partial charge < -0.3 is 4.74 Å². The van der Waals surface area contributed by atoms with Crippen LogP contribution in [-0.4, -0.2) is 17.5 Å². The molecule has 0 saturated heterocycles. The molecule has 2 aromatic carbocycles. The minimum absolute atomic E-state index is 0.0865. The lowest BCUT2D eigenvalue weighted by atomic mass is 10.2. The number of carbonyl (C=O) groups is 1. The summed E-state index contributed by atoms with van der Waals surface area (Å²) in [5, 5.41) is 6.11. The van der Waals surface area contributed by atoms with Gasteiger partial charge in [-0.3, -0.25) is 10.1 Å². The molecular weight excluding hydrogens is 367 g/mol. The van der Waals surface area contributed by atoms with Crippen molar-refractivity contribution in [3.05, 3.63) is 64.0 Å². The first-order valence-electron chi connectivity index (χ1n) is 7.00. The number of amides is 1. The van der Waals surface area contributed by atoms with Gasteiger partial charge >= 0.3 is 0 Å². The highest BCUT2D eigenvalue weighted by Gasteiger charge is 2.11. The second kappa shape index (κ2) is 7.66. The highest BCUT2D eigenvalue weighted by molar-refractivity contribution is 7.14. The van der Waals surface area contributed by atoms with Crippen molar-refractivity contribution in [2.75, 3.05) is 11.9 Å². The molecule has 4 nitrogen and oxygen atoms in total. The Morgan fingerprint density at radius 1 is 1.17 bits per heavy atom. The van der Waals surface area contributed by atoms with Gasteiger partial charge in [-0.25, -0.2) is 4.98 Å². The van der Waals surface area contributed by atoms with E-state index in [2.05, 4.69) is 10.3 Å². The molecule has 1 amide bonds. The van der Waals surface area contributed by atoms with Gasteiger partial charge in [-0.15, -0.1) is 11.3 Å². The van der Waals surface area contributed by atoms with Crippen LogP contribution in [0.25, 0.3) is 11.3 Å². The Hall–Kier alpha value is -2.08. The van der Waals surface area contributed by atoms with Crippen molar-refractivity contribution in [3.8, 4) is 17.0 Å². The lowest BCUT2D eigenvalue weighted by molar-refractivity contribution is -0.118. The Morgan fingerprint density at radius 3 is 2.75 bits per heavy atom. The number of thiazole rings is 1. The Labute approximate surface area is 153 Å². The molecule has 0 radical (unpaired) electrons. The van der Waals surface area contributed by atoms with Gasteiger partial charge in [0.05, 0.1) is 10.7 Å². The summed E-state index contributed by atoms with van der Waals surface area (Å²) in [6.07, 6.45) is 0. The maximum absolute atomic E-state index is 11.9. The summed E-state index contributed by atoms with van der Waals surface area (Å²) in [7, 11) is 0. The summed E-state index contributed by atoms with van der Waals surface area (Å²) >= 11 is 13.5. The standard InChI is InChI=1S/C17H12Cl2N2O2S/c18-11-6-7-14(19)13(8-11)15-10-24-17(20-15)21-16(22)9-23-12-4-2-1-3-5-12/h1-8,10H,9H2,(H,20,21,22). The third kappa shape index (κ3) is 4.26. The molecule has 1 aromatic heterocycles. The summed E-state index contributed by atoms with van der Waals surface area (Å²) < 4.78 is 5.39. The van der Waals surface area contributed by atoms with E-state index in [4.69, 9.17) is 27.9 Å². The molecule has 24 heavy (non-hydrogen) atoms. The predicted molar refractivity (Wildman–Crippen MR) is 98.1 cm³/mol. The normalized spacial score (nSPS) is 10.4. The van der Waals surface area contributed by atoms with E-state index >= 15 is 0 Å². The maximum atomic E-state index is 11.9. The van der Waals surface area contributed by atoms with Gasteiger partial charge in [0.1, 0.15) is 5.75 Å². The first-order chi connectivity index (χ1) is 11.6. The van der Waals surface area contributed by atoms with Gasteiger partial charge in [-0.1, -0.05) is 41.4 Å². The zero-order valence-corrected chi connectivity index (χ0v) is 14.7. The zero-order chi connectivity index (χ0) is 16.9. The van der Waals surface area contributed by atoms with Gasteiger partial charge in [-0.2, -0.15) is 0 Å². The number of halogens is 2. The van der Waals surface area contributed by atoms with Crippen LogP contribution >= 0.6 is 34.5 Å². The topological polar surface area (TPSA) is 51.2 Å². The number of carbonyl (C=O) groups excluding carboxylic acids is 1. The molecule has 0 aliphatic rings. The van der Waals surface area contributed by atoms with Crippen LogP contribution in [0.3, 0.4) is 0 Å². The van der Waals surface area contributed by atoms with E-state index in [1.54, 1.807) is 30.3 Å². The molecule has 0 aliphatic heterocycles. The molecule has 0 fully saturated rings. The number of nitrogens with zero attached hydrogens (tertiary/aromatic N) is 1. The monoisotopic (exact) mass is 378 g/mol. The number of rotatable bonds is 5. The third-order valence-corrected chi connectivity index (χ3v) is 4.39. The Kier molecular flexibility index (Phi) is 5.35. The van der Waals surface area contributed by atoms with Crippen LogP contribution in [-0.2, 0) is 4.79 Å². The van der Waals surface area contributed by atoms with Gasteiger partial charge in [-0.05, 0) is 30.3 Å². The largest absolute Gasteiger partial charge is 0.484 e. The van der Waals surface area contributed by atoms with Crippen LogP contribution in [0.15, 0.2) is 53.9 Å². The van der Waals surface area contributed by atoms with E-state index in [0.717, 1.165) is 5.56 Å². The summed E-state index contributed by atoms with van der Waals surface area (Å²) in [6, 6.07) is 14.3. The second-order valence-electron chi connectivity index (χ2n) is 4.81. The first-order valence-corrected chi connectivity index (χ1v) is 8.64. The second-order valence-corrected chi connectivity index (χ2v) is 6.51. The molecule has 0 unspecified atom stereocenters. The van der Waals surface area contributed by atoms with Crippen molar-refractivity contribution in [2.24, 2.45) is 0 Å². The SMILES string of the molecule is O=C(COc1ccccc1)Nc1nc(-c2cc(Cl)ccc2Cl)cs1. The van der Waals surface area contributed by atoms with Crippen LogP contribution in [0.1, 0.15) is 0 Å². The predicted octanol–water partition coefficient (Wildman–Crippen LogP) is 5.13. The number of para-hydroxylation sites is 1. The number of anilines is 1. The molecule has 0 spiro atoms. The third-order valence-electron chi connectivity index (χ3n) is 3.07. The number of ether oxygens (including phenoxy) is 1. The zero-order valence-electron chi connectivity index (χ0n) is 12.3. The summed E-state index contributed by atoms with van der Waals surface area (Å²) in [5.41, 5.74) is 1.38. The van der Waals surface area contributed by atoms with E-state index < -0.39 is 0 Å². The Bertz CT molecular complexity index is 853. The molecular formula is C17H12Cl2N2O2S. The molecule has 7 heteroatoms. The number of nitrogens with one attached hydrogen (secondary N) is 1. The lowest BCUT2D eigenvalue weighted by Gasteiger charge is -2.05. The molecule has 1 heterocycles. The number of benzene rings is 2. The van der Waals surface area contributed by atoms with Crippen LogP contribution < -0.4 is 10.1 Å². The quantitative estimate of drug-likeness (QED) is 0.668. The molecule has 0 bridgehead atoms. The van der Waals surface area contributed by atoms with Gasteiger partial charge in [0, 0.05) is 16.0 Å². The van der Waals surface area contributed by atoms with Gasteiger partial charge in [0.2, 0.25) is 0 Å². The molecule has 122 valence electrons. The van der Waals surface area contributed by atoms with Crippen LogP contribution in [0, 0.1) is 0 Å². The van der Waals surface area contributed by atoms with Crippen molar-refractivity contribution in [1.82, 2.24) is 4.98 Å². The fraction of sp³-hybridized carbons (Fsp3) is 0.0588. The molecule has 0 aliphatic carbocycles. The van der Waals surface area contributed by atoms with E-state index in [0.29, 0.717) is 26.6 Å². The van der Waals surface area contributed by atoms with Crippen molar-refractivity contribution in [1.29, 1.82) is 0 Å². The molecule has 0 atom stereocenters. The number of aromatic nitrogens is 1. The average Bonchev–Trinajstić information content (AvgIpc) is 3.04. The Balaban J connectivity index is 1.63. The average molecular weight is 379 g/mol. The van der Waals surface area contributed by atoms with Crippen molar-refractivity contribution in [2.45, 2.75) is 0 Å². The molecule has 3 aromatic rings. The van der Waals surface area contributed by atoms with Crippen LogP contribution in [0.4, 0.5) is 5.13 Å². The smallest absolute Gasteiger partial charge is 0.264 e.